The van der Waals surface area contributed by atoms with Crippen LogP contribution in [0, 0.1) is 0 Å². The number of rotatable bonds is 3. The Morgan fingerprint density at radius 3 is 1.00 bits per heavy atom. The first-order valence-electron chi connectivity index (χ1n) is 9.69. The standard InChI is InChI=1S/3C6H11.BrH.ClH.Sn/c3*1-2-4-6-5-3-1;;;/h3*1H,2-6H2;2*1H;/q;;;;;+1/p-2. The van der Waals surface area contributed by atoms with Gasteiger partial charge in [-0.25, -0.2) is 0 Å². The van der Waals surface area contributed by atoms with Crippen LogP contribution in [-0.4, -0.2) is 13.6 Å². The van der Waals surface area contributed by atoms with Crippen LogP contribution in [0.25, 0.3) is 0 Å². The van der Waals surface area contributed by atoms with Crippen molar-refractivity contribution in [2.45, 2.75) is 108 Å². The Labute approximate surface area is 142 Å². The molecular weight excluding hydrogens is 450 g/mol. The summed E-state index contributed by atoms with van der Waals surface area (Å²) in [4.78, 5) is 0. The molecule has 0 aromatic rings. The van der Waals surface area contributed by atoms with Gasteiger partial charge in [0.1, 0.15) is 0 Å². The average Bonchev–Trinajstić information content (AvgIpc) is 2.57. The van der Waals surface area contributed by atoms with Gasteiger partial charge in [0.05, 0.1) is 0 Å². The van der Waals surface area contributed by atoms with Gasteiger partial charge in [0.25, 0.3) is 0 Å². The molecule has 3 aliphatic carbocycles. The van der Waals surface area contributed by atoms with E-state index < -0.39 is 13.6 Å². The number of hydrogen-bond donors (Lipinski definition) is 0. The molecule has 0 atom stereocenters. The van der Waals surface area contributed by atoms with Crippen LogP contribution in [0.3, 0.4) is 0 Å². The molecule has 3 aliphatic rings. The SMILES string of the molecule is [Cl][Sn-]([Br])([CH]1CCCCC1)([CH]1CCCCC1)[CH]1CCCCC1. The first kappa shape index (κ1) is 17.4. The van der Waals surface area contributed by atoms with Gasteiger partial charge >= 0.3 is 143 Å². The van der Waals surface area contributed by atoms with Crippen LogP contribution in [0.1, 0.15) is 96.3 Å². The Bertz CT molecular complexity index is 287. The Morgan fingerprint density at radius 1 is 0.524 bits per heavy atom. The molecule has 3 heteroatoms. The molecular formula is C18H33BrClSn-. The zero-order valence-electron chi connectivity index (χ0n) is 13.6. The first-order valence-corrected chi connectivity index (χ1v) is 24.6. The van der Waals surface area contributed by atoms with Crippen LogP contribution < -0.4 is 0 Å². The third-order valence-corrected chi connectivity index (χ3v) is 44.7. The van der Waals surface area contributed by atoms with Crippen LogP contribution in [0.15, 0.2) is 0 Å². The molecule has 0 unspecified atom stereocenters. The van der Waals surface area contributed by atoms with E-state index in [1.165, 1.54) is 96.3 Å². The zero-order valence-corrected chi connectivity index (χ0v) is 18.8. The van der Waals surface area contributed by atoms with Crippen molar-refractivity contribution >= 4 is 35.3 Å². The van der Waals surface area contributed by atoms with Crippen LogP contribution >= 0.6 is 21.6 Å². The normalized spacial score (nSPS) is 29.9. The number of hydrogen-bond acceptors (Lipinski definition) is 0. The second kappa shape index (κ2) is 7.21. The minimum atomic E-state index is -3.34. The van der Waals surface area contributed by atoms with Crippen LogP contribution in [0.2, 0.25) is 11.8 Å². The summed E-state index contributed by atoms with van der Waals surface area (Å²) in [5.41, 5.74) is 0. The second-order valence-corrected chi connectivity index (χ2v) is 42.8. The fraction of sp³-hybridized carbons (Fsp3) is 1.00. The van der Waals surface area contributed by atoms with Crippen molar-refractivity contribution in [3.63, 3.8) is 0 Å². The maximum atomic E-state index is 7.96. The van der Waals surface area contributed by atoms with Crippen molar-refractivity contribution in [1.29, 1.82) is 0 Å². The predicted molar refractivity (Wildman–Crippen MR) is 101 cm³/mol. The van der Waals surface area contributed by atoms with Gasteiger partial charge in [0, 0.05) is 0 Å². The predicted octanol–water partition coefficient (Wildman–Crippen LogP) is 8.02. The molecule has 0 radical (unpaired) electrons. The van der Waals surface area contributed by atoms with E-state index in [1.54, 1.807) is 0 Å². The molecule has 0 nitrogen and oxygen atoms in total. The van der Waals surface area contributed by atoms with E-state index >= 15 is 0 Å². The van der Waals surface area contributed by atoms with E-state index in [2.05, 4.69) is 12.7 Å². The van der Waals surface area contributed by atoms with Crippen LogP contribution in [0.5, 0.6) is 0 Å². The molecule has 0 heterocycles. The summed E-state index contributed by atoms with van der Waals surface area (Å²) < 4.78 is 2.73. The van der Waals surface area contributed by atoms with Gasteiger partial charge in [-0.2, -0.15) is 0 Å². The second-order valence-electron chi connectivity index (χ2n) is 8.23. The minimum absolute atomic E-state index is 0.910. The Balaban J connectivity index is 1.90. The summed E-state index contributed by atoms with van der Waals surface area (Å²) in [5.74, 6) is 0. The quantitative estimate of drug-likeness (QED) is 0.357. The third-order valence-electron chi connectivity index (χ3n) is 7.16. The molecule has 0 N–H and O–H groups in total. The molecule has 124 valence electrons. The summed E-state index contributed by atoms with van der Waals surface area (Å²) in [6.07, 6.45) is 21.8. The van der Waals surface area contributed by atoms with Crippen molar-refractivity contribution in [3.8, 4) is 0 Å². The van der Waals surface area contributed by atoms with Gasteiger partial charge in [-0.15, -0.1) is 0 Å². The van der Waals surface area contributed by atoms with E-state index in [0.717, 1.165) is 11.8 Å². The van der Waals surface area contributed by atoms with Gasteiger partial charge in [0.2, 0.25) is 0 Å². The molecule has 21 heavy (non-hydrogen) atoms. The fourth-order valence-corrected chi connectivity index (χ4v) is 38.2. The van der Waals surface area contributed by atoms with Gasteiger partial charge in [0.15, 0.2) is 0 Å². The molecule has 0 spiro atoms. The topological polar surface area (TPSA) is 0 Å². The Kier molecular flexibility index (Phi) is 5.97. The van der Waals surface area contributed by atoms with Crippen LogP contribution in [0.4, 0.5) is 0 Å². The average molecular weight is 484 g/mol. The van der Waals surface area contributed by atoms with Crippen LogP contribution in [-0.2, 0) is 0 Å². The number of halogens is 2. The van der Waals surface area contributed by atoms with E-state index in [0.29, 0.717) is 0 Å². The van der Waals surface area contributed by atoms with Gasteiger partial charge in [-0.3, -0.25) is 0 Å². The maximum absolute atomic E-state index is 7.96. The molecule has 3 saturated carbocycles. The zero-order chi connectivity index (χ0) is 14.8. The summed E-state index contributed by atoms with van der Waals surface area (Å²) in [7, 11) is 7.96. The molecule has 0 bridgehead atoms. The summed E-state index contributed by atoms with van der Waals surface area (Å²) in [6, 6.07) is 0. The van der Waals surface area contributed by atoms with Crippen molar-refractivity contribution in [2.24, 2.45) is 0 Å². The van der Waals surface area contributed by atoms with Crippen molar-refractivity contribution in [3.05, 3.63) is 0 Å². The molecule has 3 rings (SSSR count). The van der Waals surface area contributed by atoms with Crippen molar-refractivity contribution in [2.75, 3.05) is 0 Å². The molecule has 0 amide bonds. The fourth-order valence-electron chi connectivity index (χ4n) is 5.96. The molecule has 0 saturated heterocycles. The summed E-state index contributed by atoms with van der Waals surface area (Å²) >= 11 is 1.21. The third kappa shape index (κ3) is 3.36. The van der Waals surface area contributed by atoms with E-state index in [4.69, 9.17) is 8.92 Å². The molecule has 0 aromatic carbocycles. The van der Waals surface area contributed by atoms with Gasteiger partial charge in [-0.1, -0.05) is 0 Å². The van der Waals surface area contributed by atoms with Crippen molar-refractivity contribution in [1.82, 2.24) is 0 Å². The van der Waals surface area contributed by atoms with E-state index in [9.17, 15) is 0 Å². The van der Waals surface area contributed by atoms with Gasteiger partial charge < -0.3 is 0 Å². The first-order chi connectivity index (χ1) is 10.1. The van der Waals surface area contributed by atoms with Crippen molar-refractivity contribution < 1.29 is 0 Å². The van der Waals surface area contributed by atoms with Gasteiger partial charge in [-0.05, 0) is 0 Å². The summed E-state index contributed by atoms with van der Waals surface area (Å²) in [5, 5.41) is 0. The molecule has 3 fully saturated rings. The van der Waals surface area contributed by atoms with E-state index in [-0.39, 0.29) is 0 Å². The molecule has 0 aliphatic heterocycles. The summed E-state index contributed by atoms with van der Waals surface area (Å²) in [6.45, 7) is 0. The Morgan fingerprint density at radius 2 is 0.762 bits per heavy atom. The monoisotopic (exact) mass is 483 g/mol. The Hall–Kier alpha value is 1.57. The van der Waals surface area contributed by atoms with E-state index in [1.807, 2.05) is 0 Å². The molecule has 0 aromatic heterocycles.